The zero-order valence-corrected chi connectivity index (χ0v) is 16.0. The molecule has 27 heavy (non-hydrogen) atoms. The molecule has 0 bridgehead atoms. The van der Waals surface area contributed by atoms with Crippen LogP contribution < -0.4 is 9.86 Å². The summed E-state index contributed by atoms with van der Waals surface area (Å²) in [5, 5.41) is 0. The van der Waals surface area contributed by atoms with Gasteiger partial charge in [-0.1, -0.05) is 36.4 Å². The topological polar surface area (TPSA) is 81.4 Å². The van der Waals surface area contributed by atoms with E-state index in [0.717, 1.165) is 6.92 Å². The average molecular weight is 385 g/mol. The van der Waals surface area contributed by atoms with Crippen molar-refractivity contribution in [3.63, 3.8) is 0 Å². The van der Waals surface area contributed by atoms with Crippen LogP contribution in [0.5, 0.6) is 0 Å². The largest absolute Gasteiger partial charge is 0.296 e. The van der Waals surface area contributed by atoms with Gasteiger partial charge in [0.1, 0.15) is 5.69 Å². The molecule has 0 radical (unpaired) electrons. The van der Waals surface area contributed by atoms with E-state index in [-0.39, 0.29) is 10.6 Å². The molecule has 0 fully saturated rings. The van der Waals surface area contributed by atoms with E-state index in [1.165, 1.54) is 21.5 Å². The maximum atomic E-state index is 13.1. The number of carbonyl (C=O) groups is 1. The summed E-state index contributed by atoms with van der Waals surface area (Å²) in [6, 6.07) is 16.4. The van der Waals surface area contributed by atoms with Gasteiger partial charge in [-0.2, -0.15) is 4.31 Å². The Balaban J connectivity index is 2.28. The molecule has 1 heterocycles. The highest BCUT2D eigenvalue weighted by Gasteiger charge is 2.34. The third kappa shape index (κ3) is 3.08. The monoisotopic (exact) mass is 385 g/mol. The lowest BCUT2D eigenvalue weighted by molar-refractivity contribution is -0.115. The number of nitrogens with zero attached hydrogens (tertiary/aromatic N) is 3. The van der Waals surface area contributed by atoms with Crippen LogP contribution in [0, 0.1) is 6.92 Å². The molecule has 0 spiro atoms. The lowest BCUT2D eigenvalue weighted by Crippen LogP contribution is -2.38. The van der Waals surface area contributed by atoms with E-state index in [0.29, 0.717) is 15.7 Å². The first-order valence-electron chi connectivity index (χ1n) is 8.21. The molecule has 0 aliphatic rings. The Morgan fingerprint density at radius 3 is 2.00 bits per heavy atom. The summed E-state index contributed by atoms with van der Waals surface area (Å²) in [6.45, 7) is 2.73. The summed E-state index contributed by atoms with van der Waals surface area (Å²) in [4.78, 5) is 25.4. The predicted octanol–water partition coefficient (Wildman–Crippen LogP) is 2.23. The molecule has 0 saturated carbocycles. The molecule has 0 aliphatic heterocycles. The van der Waals surface area contributed by atoms with Gasteiger partial charge in [-0.3, -0.25) is 14.3 Å². The van der Waals surface area contributed by atoms with Crippen LogP contribution in [0.15, 0.2) is 70.4 Å². The summed E-state index contributed by atoms with van der Waals surface area (Å²) in [5.41, 5.74) is 0.159. The molecule has 0 aliphatic carbocycles. The second-order valence-electron chi connectivity index (χ2n) is 6.01. The molecule has 0 atom stereocenters. The molecule has 0 saturated heterocycles. The summed E-state index contributed by atoms with van der Waals surface area (Å²) in [5.74, 6) is -0.759. The minimum Gasteiger partial charge on any atom is -0.283 e. The lowest BCUT2D eigenvalue weighted by Gasteiger charge is -2.19. The zero-order chi connectivity index (χ0) is 19.8. The van der Waals surface area contributed by atoms with Gasteiger partial charge < -0.3 is 0 Å². The first-order valence-corrected chi connectivity index (χ1v) is 9.65. The van der Waals surface area contributed by atoms with Crippen molar-refractivity contribution in [2.45, 2.75) is 18.7 Å². The van der Waals surface area contributed by atoms with Gasteiger partial charge >= 0.3 is 0 Å². The lowest BCUT2D eigenvalue weighted by atomic mass is 10.3. The van der Waals surface area contributed by atoms with Gasteiger partial charge in [0.05, 0.1) is 16.3 Å². The van der Waals surface area contributed by atoms with Crippen LogP contribution in [0.2, 0.25) is 0 Å². The third-order valence-corrected chi connectivity index (χ3v) is 6.08. The predicted molar refractivity (Wildman–Crippen MR) is 103 cm³/mol. The van der Waals surface area contributed by atoms with Gasteiger partial charge in [0.25, 0.3) is 15.6 Å². The Labute approximate surface area is 157 Å². The normalized spacial score (nSPS) is 11.4. The van der Waals surface area contributed by atoms with Crippen molar-refractivity contribution in [3.05, 3.63) is 76.7 Å². The number of aromatic nitrogens is 2. The van der Waals surface area contributed by atoms with Crippen molar-refractivity contribution in [1.29, 1.82) is 0 Å². The maximum absolute atomic E-state index is 13.1. The molecular weight excluding hydrogens is 366 g/mol. The highest BCUT2D eigenvalue weighted by atomic mass is 32.2. The number of benzene rings is 2. The Hall–Kier alpha value is -3.13. The number of amides is 1. The smallest absolute Gasteiger partial charge is 0.283 e. The fraction of sp³-hybridized carbons (Fsp3) is 0.158. The number of rotatable bonds is 4. The number of hydrogen-bond donors (Lipinski definition) is 0. The highest BCUT2D eigenvalue weighted by molar-refractivity contribution is 7.93. The summed E-state index contributed by atoms with van der Waals surface area (Å²) < 4.78 is 29.6. The minimum atomic E-state index is -4.23. The summed E-state index contributed by atoms with van der Waals surface area (Å²) in [6.07, 6.45) is 0. The van der Waals surface area contributed by atoms with Crippen LogP contribution in [0.1, 0.15) is 12.6 Å². The number of para-hydroxylation sites is 1. The van der Waals surface area contributed by atoms with E-state index in [1.807, 2.05) is 6.07 Å². The van der Waals surface area contributed by atoms with Crippen molar-refractivity contribution in [1.82, 2.24) is 9.36 Å². The van der Waals surface area contributed by atoms with Crippen molar-refractivity contribution in [2.75, 3.05) is 4.31 Å². The van der Waals surface area contributed by atoms with Gasteiger partial charge in [0, 0.05) is 14.0 Å². The Kier molecular flexibility index (Phi) is 4.75. The third-order valence-electron chi connectivity index (χ3n) is 4.29. The number of sulfonamides is 1. The van der Waals surface area contributed by atoms with Crippen LogP contribution in [0.3, 0.4) is 0 Å². The standard InChI is InChI=1S/C19H19N3O4S/c1-14-18(19(24)21(20(14)3)16-10-6-4-7-11-16)22(15(2)23)27(25,26)17-12-8-5-9-13-17/h4-13H,1-3H3. The van der Waals surface area contributed by atoms with E-state index >= 15 is 0 Å². The molecule has 0 N–H and O–H groups in total. The zero-order valence-electron chi connectivity index (χ0n) is 15.2. The van der Waals surface area contributed by atoms with Crippen LogP contribution in [-0.2, 0) is 21.9 Å². The van der Waals surface area contributed by atoms with Crippen LogP contribution in [0.25, 0.3) is 5.69 Å². The molecular formula is C19H19N3O4S. The SMILES string of the molecule is CC(=O)N(c1c(C)n(C)n(-c2ccccc2)c1=O)S(=O)(=O)c1ccccc1. The highest BCUT2D eigenvalue weighted by Crippen LogP contribution is 2.25. The van der Waals surface area contributed by atoms with Gasteiger partial charge in [-0.25, -0.2) is 13.1 Å². The fourth-order valence-electron chi connectivity index (χ4n) is 2.93. The quantitative estimate of drug-likeness (QED) is 0.690. The second-order valence-corrected chi connectivity index (χ2v) is 7.80. The van der Waals surface area contributed by atoms with Crippen molar-refractivity contribution in [2.24, 2.45) is 7.05 Å². The Morgan fingerprint density at radius 2 is 1.48 bits per heavy atom. The van der Waals surface area contributed by atoms with Crippen LogP contribution in [-0.4, -0.2) is 23.7 Å². The molecule has 0 unspecified atom stereocenters. The Morgan fingerprint density at radius 1 is 0.963 bits per heavy atom. The van der Waals surface area contributed by atoms with E-state index in [1.54, 1.807) is 56.4 Å². The molecule has 3 rings (SSSR count). The molecule has 1 amide bonds. The van der Waals surface area contributed by atoms with Crippen molar-refractivity contribution in [3.8, 4) is 5.69 Å². The molecule has 3 aromatic rings. The molecule has 140 valence electrons. The van der Waals surface area contributed by atoms with Crippen LogP contribution >= 0.6 is 0 Å². The van der Waals surface area contributed by atoms with E-state index in [4.69, 9.17) is 0 Å². The first kappa shape index (κ1) is 18.7. The first-order chi connectivity index (χ1) is 12.8. The van der Waals surface area contributed by atoms with Gasteiger partial charge in [0.2, 0.25) is 5.91 Å². The molecule has 1 aromatic heterocycles. The summed E-state index contributed by atoms with van der Waals surface area (Å²) >= 11 is 0. The van der Waals surface area contributed by atoms with Gasteiger partial charge in [-0.05, 0) is 31.2 Å². The minimum absolute atomic E-state index is 0.0610. The number of hydrogen-bond acceptors (Lipinski definition) is 4. The molecule has 7 nitrogen and oxygen atoms in total. The van der Waals surface area contributed by atoms with Crippen LogP contribution in [0.4, 0.5) is 5.69 Å². The van der Waals surface area contributed by atoms with E-state index in [2.05, 4.69) is 0 Å². The Bertz CT molecular complexity index is 1150. The molecule has 2 aromatic carbocycles. The van der Waals surface area contributed by atoms with Crippen molar-refractivity contribution < 1.29 is 13.2 Å². The second kappa shape index (κ2) is 6.88. The average Bonchev–Trinajstić information content (AvgIpc) is 2.86. The molecule has 8 heteroatoms. The van der Waals surface area contributed by atoms with Crippen molar-refractivity contribution >= 4 is 21.6 Å². The maximum Gasteiger partial charge on any atom is 0.296 e. The number of carbonyl (C=O) groups excluding carboxylic acids is 1. The fourth-order valence-corrected chi connectivity index (χ4v) is 4.43. The van der Waals surface area contributed by atoms with E-state index < -0.39 is 21.5 Å². The van der Waals surface area contributed by atoms with Gasteiger partial charge in [0.15, 0.2) is 0 Å². The number of anilines is 1. The van der Waals surface area contributed by atoms with E-state index in [9.17, 15) is 18.0 Å². The summed E-state index contributed by atoms with van der Waals surface area (Å²) in [7, 11) is -2.59. The van der Waals surface area contributed by atoms with Gasteiger partial charge in [-0.15, -0.1) is 0 Å².